The second-order valence-corrected chi connectivity index (χ2v) is 10.1. The van der Waals surface area contributed by atoms with E-state index in [2.05, 4.69) is 6.92 Å². The number of rotatable bonds is 22. The minimum atomic E-state index is -0.559. The van der Waals surface area contributed by atoms with Crippen LogP contribution in [0.2, 0.25) is 0 Å². The van der Waals surface area contributed by atoms with Crippen LogP contribution in [-0.4, -0.2) is 12.3 Å². The standard InChI is InChI=1S/C33H50O3/c1-2-3-4-5-6-7-8-9-10-11-12-13-14-15-22-27-32(34)36-33(28-30-23-18-16-19-24-30)35-29-31-25-20-17-21-26-31/h16-21,23-26,33H,2-15,22,27-29H2,1H3. The van der Waals surface area contributed by atoms with Gasteiger partial charge >= 0.3 is 5.97 Å². The average molecular weight is 495 g/mol. The van der Waals surface area contributed by atoms with E-state index in [1.807, 2.05) is 60.7 Å². The van der Waals surface area contributed by atoms with Gasteiger partial charge in [0.05, 0.1) is 6.61 Å². The molecule has 2 aromatic rings. The topological polar surface area (TPSA) is 35.5 Å². The van der Waals surface area contributed by atoms with Gasteiger partial charge in [0.15, 0.2) is 0 Å². The van der Waals surface area contributed by atoms with Crippen molar-refractivity contribution in [3.05, 3.63) is 71.8 Å². The van der Waals surface area contributed by atoms with Crippen LogP contribution in [0.3, 0.4) is 0 Å². The smallest absolute Gasteiger partial charge is 0.308 e. The predicted octanol–water partition coefficient (Wildman–Crippen LogP) is 9.58. The van der Waals surface area contributed by atoms with Gasteiger partial charge in [-0.3, -0.25) is 4.79 Å². The molecule has 0 aliphatic rings. The molecule has 0 aliphatic heterocycles. The largest absolute Gasteiger partial charge is 0.435 e. The van der Waals surface area contributed by atoms with Crippen molar-refractivity contribution in [1.82, 2.24) is 0 Å². The second-order valence-electron chi connectivity index (χ2n) is 10.1. The average Bonchev–Trinajstić information content (AvgIpc) is 2.90. The van der Waals surface area contributed by atoms with Crippen molar-refractivity contribution in [2.24, 2.45) is 0 Å². The lowest BCUT2D eigenvalue weighted by Crippen LogP contribution is -2.24. The van der Waals surface area contributed by atoms with E-state index in [1.54, 1.807) is 0 Å². The van der Waals surface area contributed by atoms with Crippen molar-refractivity contribution in [3.8, 4) is 0 Å². The molecule has 1 unspecified atom stereocenters. The number of esters is 1. The van der Waals surface area contributed by atoms with Gasteiger partial charge in [-0.05, 0) is 17.5 Å². The van der Waals surface area contributed by atoms with E-state index >= 15 is 0 Å². The molecule has 0 aromatic heterocycles. The zero-order valence-corrected chi connectivity index (χ0v) is 22.8. The SMILES string of the molecule is CCCCCCCCCCCCCCCCCC(=O)OC(Cc1ccccc1)OCc1ccccc1. The molecule has 0 heterocycles. The molecule has 0 spiro atoms. The van der Waals surface area contributed by atoms with Crippen LogP contribution in [0.5, 0.6) is 0 Å². The molecule has 0 bridgehead atoms. The van der Waals surface area contributed by atoms with Crippen LogP contribution < -0.4 is 0 Å². The highest BCUT2D eigenvalue weighted by atomic mass is 16.7. The summed E-state index contributed by atoms with van der Waals surface area (Å²) < 4.78 is 11.7. The highest BCUT2D eigenvalue weighted by Crippen LogP contribution is 2.15. The van der Waals surface area contributed by atoms with Crippen LogP contribution in [0.25, 0.3) is 0 Å². The Bertz CT molecular complexity index is 759. The maximum Gasteiger partial charge on any atom is 0.308 e. The molecule has 3 heteroatoms. The molecule has 0 saturated heterocycles. The highest BCUT2D eigenvalue weighted by molar-refractivity contribution is 5.69. The monoisotopic (exact) mass is 494 g/mol. The Morgan fingerprint density at radius 1 is 0.611 bits per heavy atom. The molecule has 3 nitrogen and oxygen atoms in total. The molecule has 2 rings (SSSR count). The van der Waals surface area contributed by atoms with Crippen molar-refractivity contribution in [2.75, 3.05) is 0 Å². The summed E-state index contributed by atoms with van der Waals surface area (Å²) in [6.45, 7) is 2.71. The minimum Gasteiger partial charge on any atom is -0.435 e. The lowest BCUT2D eigenvalue weighted by molar-refractivity contribution is -0.181. The summed E-state index contributed by atoms with van der Waals surface area (Å²) in [6, 6.07) is 20.1. The van der Waals surface area contributed by atoms with Crippen molar-refractivity contribution in [1.29, 1.82) is 0 Å². The fourth-order valence-electron chi connectivity index (χ4n) is 4.55. The Kier molecular flexibility index (Phi) is 17.6. The number of hydrogen-bond acceptors (Lipinski definition) is 3. The van der Waals surface area contributed by atoms with E-state index in [0.29, 0.717) is 19.4 Å². The fraction of sp³-hybridized carbons (Fsp3) is 0.606. The van der Waals surface area contributed by atoms with E-state index in [-0.39, 0.29) is 5.97 Å². The lowest BCUT2D eigenvalue weighted by atomic mass is 10.0. The Balaban J connectivity index is 1.51. The maximum absolute atomic E-state index is 12.5. The van der Waals surface area contributed by atoms with Crippen LogP contribution >= 0.6 is 0 Å². The first kappa shape index (κ1) is 30.1. The van der Waals surface area contributed by atoms with Gasteiger partial charge in [0.2, 0.25) is 6.29 Å². The van der Waals surface area contributed by atoms with Crippen LogP contribution in [0, 0.1) is 0 Å². The Labute approximate surface area is 221 Å². The number of unbranched alkanes of at least 4 members (excludes halogenated alkanes) is 14. The van der Waals surface area contributed by atoms with Gasteiger partial charge in [0, 0.05) is 12.8 Å². The molecular weight excluding hydrogens is 444 g/mol. The summed E-state index contributed by atoms with van der Waals surface area (Å²) in [5.74, 6) is -0.154. The van der Waals surface area contributed by atoms with Crippen LogP contribution in [0.15, 0.2) is 60.7 Å². The number of carbonyl (C=O) groups excluding carboxylic acids is 1. The van der Waals surface area contributed by atoms with Crippen LogP contribution in [0.1, 0.15) is 121 Å². The number of ether oxygens (including phenoxy) is 2. The van der Waals surface area contributed by atoms with Crippen molar-refractivity contribution >= 4 is 5.97 Å². The summed E-state index contributed by atoms with van der Waals surface area (Å²) in [7, 11) is 0. The Morgan fingerprint density at radius 2 is 1.06 bits per heavy atom. The zero-order valence-electron chi connectivity index (χ0n) is 22.8. The van der Waals surface area contributed by atoms with E-state index in [4.69, 9.17) is 9.47 Å². The number of benzene rings is 2. The first-order valence-electron chi connectivity index (χ1n) is 14.7. The lowest BCUT2D eigenvalue weighted by Gasteiger charge is -2.19. The van der Waals surface area contributed by atoms with Gasteiger partial charge in [0.1, 0.15) is 0 Å². The van der Waals surface area contributed by atoms with Crippen molar-refractivity contribution in [3.63, 3.8) is 0 Å². The third-order valence-electron chi connectivity index (χ3n) is 6.77. The predicted molar refractivity (Wildman–Crippen MR) is 151 cm³/mol. The highest BCUT2D eigenvalue weighted by Gasteiger charge is 2.16. The van der Waals surface area contributed by atoms with E-state index in [0.717, 1.165) is 24.0 Å². The molecule has 0 N–H and O–H groups in total. The summed E-state index contributed by atoms with van der Waals surface area (Å²) in [5.41, 5.74) is 2.18. The molecule has 200 valence electrons. The summed E-state index contributed by atoms with van der Waals surface area (Å²) >= 11 is 0. The molecule has 0 amide bonds. The van der Waals surface area contributed by atoms with E-state index in [1.165, 1.54) is 83.5 Å². The molecule has 2 aromatic carbocycles. The van der Waals surface area contributed by atoms with Gasteiger partial charge in [-0.25, -0.2) is 0 Å². The number of carbonyl (C=O) groups is 1. The summed E-state index contributed by atoms with van der Waals surface area (Å²) in [6.07, 6.45) is 20.3. The minimum absolute atomic E-state index is 0.154. The first-order chi connectivity index (χ1) is 17.8. The molecule has 1 atom stereocenters. The first-order valence-corrected chi connectivity index (χ1v) is 14.7. The second kappa shape index (κ2) is 21.0. The van der Waals surface area contributed by atoms with Crippen LogP contribution in [0.4, 0.5) is 0 Å². The Hall–Kier alpha value is -2.13. The van der Waals surface area contributed by atoms with E-state index < -0.39 is 6.29 Å². The van der Waals surface area contributed by atoms with Crippen molar-refractivity contribution < 1.29 is 14.3 Å². The van der Waals surface area contributed by atoms with Gasteiger partial charge < -0.3 is 9.47 Å². The van der Waals surface area contributed by atoms with Gasteiger partial charge in [-0.2, -0.15) is 0 Å². The van der Waals surface area contributed by atoms with Gasteiger partial charge in [-0.1, -0.05) is 157 Å². The normalized spacial score (nSPS) is 11.9. The van der Waals surface area contributed by atoms with Crippen molar-refractivity contribution in [2.45, 2.75) is 129 Å². The summed E-state index contributed by atoms with van der Waals surface area (Å²) in [5, 5.41) is 0. The molecule has 0 aliphatic carbocycles. The quantitative estimate of drug-likeness (QED) is 0.0928. The zero-order chi connectivity index (χ0) is 25.5. The van der Waals surface area contributed by atoms with Crippen LogP contribution in [-0.2, 0) is 27.3 Å². The molecule has 0 radical (unpaired) electrons. The fourth-order valence-corrected chi connectivity index (χ4v) is 4.55. The van der Waals surface area contributed by atoms with E-state index in [9.17, 15) is 4.79 Å². The molecule has 0 saturated carbocycles. The summed E-state index contributed by atoms with van der Waals surface area (Å²) in [4.78, 5) is 12.5. The van der Waals surface area contributed by atoms with Gasteiger partial charge in [0.25, 0.3) is 0 Å². The third kappa shape index (κ3) is 15.8. The molecule has 0 fully saturated rings. The Morgan fingerprint density at radius 3 is 1.56 bits per heavy atom. The molecule has 36 heavy (non-hydrogen) atoms. The van der Waals surface area contributed by atoms with Gasteiger partial charge in [-0.15, -0.1) is 0 Å². The maximum atomic E-state index is 12.5. The number of hydrogen-bond donors (Lipinski definition) is 0. The molecular formula is C33H50O3. The third-order valence-corrected chi connectivity index (χ3v) is 6.77.